The van der Waals surface area contributed by atoms with Crippen molar-refractivity contribution in [1.29, 1.82) is 0 Å². The van der Waals surface area contributed by atoms with Crippen molar-refractivity contribution in [1.82, 2.24) is 0 Å². The third kappa shape index (κ3) is 3.38. The van der Waals surface area contributed by atoms with Gasteiger partial charge in [-0.1, -0.05) is 23.7 Å². The van der Waals surface area contributed by atoms with Gasteiger partial charge in [-0.15, -0.1) is 11.8 Å². The standard InChI is InChI=1S/C13H18ClNOS/c1-9-12(6-7-16-9)17-13(8-15)10-2-4-11(14)5-3-10/h2-5,9,12-13H,6-8,15H2,1H3. The Balaban J connectivity index is 2.03. The lowest BCUT2D eigenvalue weighted by atomic mass is 10.1. The fourth-order valence-electron chi connectivity index (χ4n) is 2.05. The minimum absolute atomic E-state index is 0.335. The number of hydrogen-bond donors (Lipinski definition) is 1. The van der Waals surface area contributed by atoms with E-state index in [0.29, 0.717) is 23.1 Å². The van der Waals surface area contributed by atoms with E-state index in [1.165, 1.54) is 5.56 Å². The Hall–Kier alpha value is -0.220. The molecule has 3 atom stereocenters. The summed E-state index contributed by atoms with van der Waals surface area (Å²) in [5.74, 6) is 0. The minimum Gasteiger partial charge on any atom is -0.377 e. The van der Waals surface area contributed by atoms with Crippen molar-refractivity contribution >= 4 is 23.4 Å². The summed E-state index contributed by atoms with van der Waals surface area (Å²) in [6.45, 7) is 3.66. The van der Waals surface area contributed by atoms with Crippen LogP contribution in [0.4, 0.5) is 0 Å². The van der Waals surface area contributed by atoms with Gasteiger partial charge in [0.2, 0.25) is 0 Å². The van der Waals surface area contributed by atoms with Gasteiger partial charge in [0.25, 0.3) is 0 Å². The molecule has 1 saturated heterocycles. The van der Waals surface area contributed by atoms with Gasteiger partial charge in [0.1, 0.15) is 0 Å². The Bertz CT molecular complexity index is 357. The molecule has 1 aliphatic rings. The predicted molar refractivity (Wildman–Crippen MR) is 74.7 cm³/mol. The Labute approximate surface area is 112 Å². The molecule has 0 aromatic heterocycles. The average Bonchev–Trinajstić information content (AvgIpc) is 2.73. The molecule has 1 aromatic rings. The minimum atomic E-state index is 0.335. The summed E-state index contributed by atoms with van der Waals surface area (Å²) in [6.07, 6.45) is 1.46. The van der Waals surface area contributed by atoms with Gasteiger partial charge >= 0.3 is 0 Å². The zero-order valence-corrected chi connectivity index (χ0v) is 11.5. The Morgan fingerprint density at radius 2 is 2.18 bits per heavy atom. The van der Waals surface area contributed by atoms with Gasteiger partial charge in [-0.3, -0.25) is 0 Å². The van der Waals surface area contributed by atoms with Gasteiger partial charge in [0, 0.05) is 28.7 Å². The number of hydrogen-bond acceptors (Lipinski definition) is 3. The highest BCUT2D eigenvalue weighted by Gasteiger charge is 2.27. The SMILES string of the molecule is CC1OCCC1SC(CN)c1ccc(Cl)cc1. The molecule has 17 heavy (non-hydrogen) atoms. The lowest BCUT2D eigenvalue weighted by Crippen LogP contribution is -2.19. The van der Waals surface area contributed by atoms with E-state index in [1.54, 1.807) is 0 Å². The lowest BCUT2D eigenvalue weighted by molar-refractivity contribution is 0.127. The summed E-state index contributed by atoms with van der Waals surface area (Å²) >= 11 is 7.82. The van der Waals surface area contributed by atoms with Crippen LogP contribution >= 0.6 is 23.4 Å². The lowest BCUT2D eigenvalue weighted by Gasteiger charge is -2.21. The van der Waals surface area contributed by atoms with E-state index in [9.17, 15) is 0 Å². The molecular formula is C13H18ClNOS. The van der Waals surface area contributed by atoms with Crippen molar-refractivity contribution < 1.29 is 4.74 Å². The molecule has 2 rings (SSSR count). The van der Waals surface area contributed by atoms with E-state index in [-0.39, 0.29) is 0 Å². The van der Waals surface area contributed by atoms with Crippen LogP contribution in [0.5, 0.6) is 0 Å². The van der Waals surface area contributed by atoms with Crippen LogP contribution in [-0.2, 0) is 4.74 Å². The molecule has 1 heterocycles. The van der Waals surface area contributed by atoms with Crippen molar-refractivity contribution in [2.45, 2.75) is 29.9 Å². The second-order valence-electron chi connectivity index (χ2n) is 4.32. The molecule has 94 valence electrons. The maximum Gasteiger partial charge on any atom is 0.0666 e. The van der Waals surface area contributed by atoms with E-state index >= 15 is 0 Å². The normalized spacial score (nSPS) is 26.1. The van der Waals surface area contributed by atoms with E-state index in [2.05, 4.69) is 19.1 Å². The zero-order valence-electron chi connectivity index (χ0n) is 9.93. The third-order valence-corrected chi connectivity index (χ3v) is 5.12. The zero-order chi connectivity index (χ0) is 12.3. The maximum atomic E-state index is 5.89. The quantitative estimate of drug-likeness (QED) is 0.913. The Morgan fingerprint density at radius 3 is 2.71 bits per heavy atom. The van der Waals surface area contributed by atoms with Crippen LogP contribution in [0.2, 0.25) is 5.02 Å². The first-order chi connectivity index (χ1) is 8.20. The van der Waals surface area contributed by atoms with Gasteiger partial charge in [-0.05, 0) is 31.0 Å². The van der Waals surface area contributed by atoms with Crippen LogP contribution in [0.3, 0.4) is 0 Å². The number of rotatable bonds is 4. The van der Waals surface area contributed by atoms with Gasteiger partial charge in [0.15, 0.2) is 0 Å². The Morgan fingerprint density at radius 1 is 1.47 bits per heavy atom. The summed E-state index contributed by atoms with van der Waals surface area (Å²) in [5.41, 5.74) is 7.12. The van der Waals surface area contributed by atoms with E-state index in [1.807, 2.05) is 23.9 Å². The van der Waals surface area contributed by atoms with E-state index in [0.717, 1.165) is 18.1 Å². The molecule has 0 radical (unpaired) electrons. The van der Waals surface area contributed by atoms with Crippen molar-refractivity contribution in [2.75, 3.05) is 13.2 Å². The van der Waals surface area contributed by atoms with Crippen molar-refractivity contribution in [3.05, 3.63) is 34.9 Å². The fourth-order valence-corrected chi connectivity index (χ4v) is 3.55. The van der Waals surface area contributed by atoms with Crippen LogP contribution < -0.4 is 5.73 Å². The fraction of sp³-hybridized carbons (Fsp3) is 0.538. The van der Waals surface area contributed by atoms with Gasteiger partial charge in [0.05, 0.1) is 6.10 Å². The van der Waals surface area contributed by atoms with Crippen molar-refractivity contribution in [3.63, 3.8) is 0 Å². The highest BCUT2D eigenvalue weighted by molar-refractivity contribution is 8.00. The van der Waals surface area contributed by atoms with Crippen LogP contribution in [0.1, 0.15) is 24.2 Å². The molecule has 4 heteroatoms. The summed E-state index contributed by atoms with van der Waals surface area (Å²) in [7, 11) is 0. The molecule has 2 N–H and O–H groups in total. The van der Waals surface area contributed by atoms with Gasteiger partial charge in [-0.2, -0.15) is 0 Å². The van der Waals surface area contributed by atoms with Gasteiger partial charge in [-0.25, -0.2) is 0 Å². The molecule has 1 aliphatic heterocycles. The molecule has 0 saturated carbocycles. The summed E-state index contributed by atoms with van der Waals surface area (Å²) in [5, 5.41) is 1.66. The van der Waals surface area contributed by atoms with Crippen molar-refractivity contribution in [2.24, 2.45) is 5.73 Å². The molecule has 0 aliphatic carbocycles. The molecule has 0 spiro atoms. The predicted octanol–water partition coefficient (Wildman–Crippen LogP) is 3.25. The summed E-state index contributed by atoms with van der Waals surface area (Å²) < 4.78 is 5.58. The molecule has 3 unspecified atom stereocenters. The monoisotopic (exact) mass is 271 g/mol. The maximum absolute atomic E-state index is 5.89. The highest BCUT2D eigenvalue weighted by Crippen LogP contribution is 2.37. The summed E-state index contributed by atoms with van der Waals surface area (Å²) in [6, 6.07) is 7.98. The molecule has 0 bridgehead atoms. The molecular weight excluding hydrogens is 254 g/mol. The van der Waals surface area contributed by atoms with E-state index in [4.69, 9.17) is 22.1 Å². The Kier molecular flexibility index (Phi) is 4.74. The smallest absolute Gasteiger partial charge is 0.0666 e. The van der Waals surface area contributed by atoms with Crippen LogP contribution in [0.25, 0.3) is 0 Å². The number of ether oxygens (including phenoxy) is 1. The molecule has 1 fully saturated rings. The molecule has 2 nitrogen and oxygen atoms in total. The van der Waals surface area contributed by atoms with Crippen molar-refractivity contribution in [3.8, 4) is 0 Å². The number of benzene rings is 1. The largest absolute Gasteiger partial charge is 0.377 e. The van der Waals surface area contributed by atoms with Crippen LogP contribution in [0, 0.1) is 0 Å². The first kappa shape index (κ1) is 13.2. The second-order valence-corrected chi connectivity index (χ2v) is 6.20. The average molecular weight is 272 g/mol. The topological polar surface area (TPSA) is 35.2 Å². The molecule has 0 amide bonds. The summed E-state index contributed by atoms with van der Waals surface area (Å²) in [4.78, 5) is 0. The van der Waals surface area contributed by atoms with Crippen LogP contribution in [-0.4, -0.2) is 24.5 Å². The number of halogens is 1. The second kappa shape index (κ2) is 6.10. The number of thioether (sulfide) groups is 1. The van der Waals surface area contributed by atoms with Crippen LogP contribution in [0.15, 0.2) is 24.3 Å². The van der Waals surface area contributed by atoms with Gasteiger partial charge < -0.3 is 10.5 Å². The molecule has 1 aromatic carbocycles. The highest BCUT2D eigenvalue weighted by atomic mass is 35.5. The number of nitrogens with two attached hydrogens (primary N) is 1. The first-order valence-electron chi connectivity index (χ1n) is 5.93. The third-order valence-electron chi connectivity index (χ3n) is 3.10. The first-order valence-corrected chi connectivity index (χ1v) is 7.25. The van der Waals surface area contributed by atoms with E-state index < -0.39 is 0 Å².